The third kappa shape index (κ3) is 0.455. The summed E-state index contributed by atoms with van der Waals surface area (Å²) in [5, 5.41) is 0. The summed E-state index contributed by atoms with van der Waals surface area (Å²) in [7, 11) is 5.24. The van der Waals surface area contributed by atoms with Gasteiger partial charge in [-0.3, -0.25) is 0 Å². The van der Waals surface area contributed by atoms with Gasteiger partial charge in [0.15, 0.2) is 0 Å². The van der Waals surface area contributed by atoms with Crippen LogP contribution in [0, 0.1) is 0 Å². The molecule has 2 radical (unpaired) electrons. The Morgan fingerprint density at radius 1 is 1.80 bits per heavy atom. The first-order chi connectivity index (χ1) is 2.30. The molecular weight excluding hydrogens is 60.9 g/mol. The van der Waals surface area contributed by atoms with E-state index < -0.39 is 0 Å². The van der Waals surface area contributed by atoms with Crippen molar-refractivity contribution in [3.05, 3.63) is 0 Å². The Morgan fingerprint density at radius 3 is 2.00 bits per heavy atom. The summed E-state index contributed by atoms with van der Waals surface area (Å²) >= 11 is 0. The largest absolute Gasteiger partial charge is 0.328 e. The van der Waals surface area contributed by atoms with Crippen molar-refractivity contribution in [1.82, 2.24) is 0 Å². The van der Waals surface area contributed by atoms with Gasteiger partial charge in [-0.2, -0.15) is 0 Å². The van der Waals surface area contributed by atoms with Crippen LogP contribution < -0.4 is 5.73 Å². The van der Waals surface area contributed by atoms with Crippen LogP contribution in [0.15, 0.2) is 0 Å². The van der Waals surface area contributed by atoms with Crippen molar-refractivity contribution in [3.8, 4) is 0 Å². The average molecular weight is 66.9 g/mol. The van der Waals surface area contributed by atoms with Gasteiger partial charge < -0.3 is 5.73 Å². The summed E-state index contributed by atoms with van der Waals surface area (Å²) in [4.78, 5) is 0. The lowest BCUT2D eigenvalue weighted by atomic mass is 10.0. The van der Waals surface area contributed by atoms with Gasteiger partial charge in [-0.05, 0) is 12.5 Å². The van der Waals surface area contributed by atoms with Crippen molar-refractivity contribution in [1.29, 1.82) is 0 Å². The van der Waals surface area contributed by atoms with Gasteiger partial charge in [-0.1, -0.05) is 5.82 Å². The van der Waals surface area contributed by atoms with Crippen LogP contribution >= 0.6 is 0 Å². The van der Waals surface area contributed by atoms with Crippen molar-refractivity contribution in [2.24, 2.45) is 5.73 Å². The van der Waals surface area contributed by atoms with Gasteiger partial charge in [0.2, 0.25) is 0 Å². The molecule has 5 heavy (non-hydrogen) atoms. The van der Waals surface area contributed by atoms with E-state index in [1.165, 1.54) is 0 Å². The zero-order valence-electron chi connectivity index (χ0n) is 3.02. The maximum Gasteiger partial charge on any atom is 0.0721 e. The van der Waals surface area contributed by atoms with E-state index in [0.29, 0.717) is 11.9 Å². The molecule has 0 saturated heterocycles. The van der Waals surface area contributed by atoms with E-state index in [2.05, 4.69) is 0 Å². The van der Waals surface area contributed by atoms with Crippen LogP contribution in [0.2, 0.25) is 5.82 Å². The molecule has 0 aliphatic heterocycles. The number of hydrogen-bond donors (Lipinski definition) is 1. The van der Waals surface area contributed by atoms with E-state index in [9.17, 15) is 0 Å². The van der Waals surface area contributed by atoms with Gasteiger partial charge in [0.05, 0.1) is 7.85 Å². The Balaban J connectivity index is 2.20. The molecule has 0 heterocycles. The Labute approximate surface area is 33.0 Å². The molecule has 0 spiro atoms. The highest BCUT2D eigenvalue weighted by atomic mass is 14.7. The molecule has 2 heteroatoms. The van der Waals surface area contributed by atoms with Crippen LogP contribution in [0.3, 0.4) is 0 Å². The van der Waals surface area contributed by atoms with E-state index in [1.54, 1.807) is 0 Å². The summed E-state index contributed by atoms with van der Waals surface area (Å²) in [5.41, 5.74) is 5.24. The van der Waals surface area contributed by atoms with Crippen molar-refractivity contribution in [3.63, 3.8) is 0 Å². The number of nitrogens with two attached hydrogens (primary N) is 1. The predicted molar refractivity (Wildman–Crippen MR) is 22.1 cm³/mol. The second kappa shape index (κ2) is 0.746. The first-order valence-electron chi connectivity index (χ1n) is 1.82. The minimum Gasteiger partial charge on any atom is -0.328 e. The third-order valence-electron chi connectivity index (χ3n) is 0.891. The Kier molecular flexibility index (Phi) is 0.481. The van der Waals surface area contributed by atoms with Crippen LogP contribution in [-0.2, 0) is 0 Å². The monoisotopic (exact) mass is 67.1 g/mol. The second-order valence-corrected chi connectivity index (χ2v) is 1.56. The molecule has 0 unspecified atom stereocenters. The first kappa shape index (κ1) is 3.22. The summed E-state index contributed by atoms with van der Waals surface area (Å²) < 4.78 is 0. The molecule has 1 fully saturated rings. The summed E-state index contributed by atoms with van der Waals surface area (Å²) in [6.45, 7) is 0. The van der Waals surface area contributed by atoms with E-state index in [4.69, 9.17) is 13.6 Å². The van der Waals surface area contributed by atoms with Crippen molar-refractivity contribution in [2.75, 3.05) is 0 Å². The molecule has 1 saturated carbocycles. The predicted octanol–water partition coefficient (Wildman–Crippen LogP) is -0.326. The number of hydrogen-bond acceptors (Lipinski definition) is 1. The SMILES string of the molecule is [B][C@H]1C[C@H]1N. The number of rotatable bonds is 0. The summed E-state index contributed by atoms with van der Waals surface area (Å²) in [5.74, 6) is 0.329. The smallest absolute Gasteiger partial charge is 0.0721 e. The normalized spacial score (nSPS) is 49.0. The van der Waals surface area contributed by atoms with Gasteiger partial charge in [0.25, 0.3) is 0 Å². The van der Waals surface area contributed by atoms with Crippen LogP contribution in [-0.4, -0.2) is 13.9 Å². The quantitative estimate of drug-likeness (QED) is 0.386. The average Bonchev–Trinajstić information content (AvgIpc) is 1.79. The topological polar surface area (TPSA) is 26.0 Å². The van der Waals surface area contributed by atoms with Crippen LogP contribution in [0.1, 0.15) is 6.42 Å². The molecule has 1 aliphatic rings. The lowest BCUT2D eigenvalue weighted by molar-refractivity contribution is 1.07. The third-order valence-corrected chi connectivity index (χ3v) is 0.891. The fourth-order valence-corrected chi connectivity index (χ4v) is 0.236. The molecule has 2 atom stereocenters. The molecule has 2 N–H and O–H groups in total. The van der Waals surface area contributed by atoms with Gasteiger partial charge in [0, 0.05) is 0 Å². The molecule has 1 aliphatic carbocycles. The van der Waals surface area contributed by atoms with Gasteiger partial charge in [-0.25, -0.2) is 0 Å². The molecular formula is C3H6BN. The molecule has 26 valence electrons. The molecule has 0 aromatic carbocycles. The lowest BCUT2D eigenvalue weighted by Gasteiger charge is -1.69. The van der Waals surface area contributed by atoms with Crippen molar-refractivity contribution in [2.45, 2.75) is 18.3 Å². The maximum atomic E-state index is 5.24. The Hall–Kier alpha value is 0.0249. The van der Waals surface area contributed by atoms with Crippen LogP contribution in [0.4, 0.5) is 0 Å². The van der Waals surface area contributed by atoms with E-state index in [0.717, 1.165) is 6.42 Å². The van der Waals surface area contributed by atoms with Crippen molar-refractivity contribution < 1.29 is 0 Å². The molecule has 1 rings (SSSR count). The molecule has 0 bridgehead atoms. The van der Waals surface area contributed by atoms with Crippen LogP contribution in [0.25, 0.3) is 0 Å². The lowest BCUT2D eigenvalue weighted by Crippen LogP contribution is -1.98. The van der Waals surface area contributed by atoms with E-state index in [1.807, 2.05) is 0 Å². The highest BCUT2D eigenvalue weighted by Crippen LogP contribution is 2.29. The minimum atomic E-state index is 0.329. The summed E-state index contributed by atoms with van der Waals surface area (Å²) in [6.07, 6.45) is 1.03. The highest BCUT2D eigenvalue weighted by molar-refractivity contribution is 6.14. The summed E-state index contributed by atoms with van der Waals surface area (Å²) in [6, 6.07) is 0.329. The molecule has 1 nitrogen and oxygen atoms in total. The Bertz CT molecular complexity index is 40.2. The van der Waals surface area contributed by atoms with Crippen LogP contribution in [0.5, 0.6) is 0 Å². The maximum absolute atomic E-state index is 5.24. The fraction of sp³-hybridized carbons (Fsp3) is 1.00. The van der Waals surface area contributed by atoms with Gasteiger partial charge in [0.1, 0.15) is 0 Å². The molecule has 0 aromatic rings. The second-order valence-electron chi connectivity index (χ2n) is 1.56. The van der Waals surface area contributed by atoms with E-state index >= 15 is 0 Å². The zero-order chi connectivity index (χ0) is 3.86. The Morgan fingerprint density at radius 2 is 2.00 bits per heavy atom. The minimum absolute atomic E-state index is 0.329. The van der Waals surface area contributed by atoms with Gasteiger partial charge >= 0.3 is 0 Å². The van der Waals surface area contributed by atoms with E-state index in [-0.39, 0.29) is 0 Å². The van der Waals surface area contributed by atoms with Gasteiger partial charge in [-0.15, -0.1) is 0 Å². The fourth-order valence-electron chi connectivity index (χ4n) is 0.236. The first-order valence-corrected chi connectivity index (χ1v) is 1.82. The highest BCUT2D eigenvalue weighted by Gasteiger charge is 2.26. The molecule has 0 amide bonds. The molecule has 0 aromatic heterocycles. The standard InChI is InChI=1S/C3H6BN/c4-2-1-3(2)5/h2-3H,1,5H2/t2-,3+/m0/s1. The zero-order valence-corrected chi connectivity index (χ0v) is 3.02. The van der Waals surface area contributed by atoms with Crippen molar-refractivity contribution >= 4 is 7.85 Å².